The van der Waals surface area contributed by atoms with Crippen LogP contribution in [0, 0.1) is 6.92 Å². The average Bonchev–Trinajstić information content (AvgIpc) is 2.99. The van der Waals surface area contributed by atoms with Crippen LogP contribution >= 0.6 is 11.8 Å². The van der Waals surface area contributed by atoms with Crippen molar-refractivity contribution in [3.8, 4) is 5.75 Å². The smallest absolute Gasteiger partial charge is 0.272 e. The third-order valence-corrected chi connectivity index (χ3v) is 7.22. The topological polar surface area (TPSA) is 96.5 Å². The molecule has 1 atom stereocenters. The van der Waals surface area contributed by atoms with E-state index in [-0.39, 0.29) is 16.9 Å². The van der Waals surface area contributed by atoms with Crippen molar-refractivity contribution in [1.29, 1.82) is 0 Å². The highest BCUT2D eigenvalue weighted by Gasteiger charge is 2.17. The fourth-order valence-corrected chi connectivity index (χ4v) is 4.85. The Kier molecular flexibility index (Phi) is 10.6. The van der Waals surface area contributed by atoms with Crippen molar-refractivity contribution >= 4 is 46.9 Å². The number of carbonyl (C=O) groups is 3. The molecule has 0 aromatic heterocycles. The van der Waals surface area contributed by atoms with Gasteiger partial charge >= 0.3 is 0 Å². The fourth-order valence-electron chi connectivity index (χ4n) is 3.92. The third kappa shape index (κ3) is 8.84. The number of aryl methyl sites for hydroxylation is 1. The molecule has 8 heteroatoms. The van der Waals surface area contributed by atoms with E-state index in [4.69, 9.17) is 4.74 Å². The van der Waals surface area contributed by atoms with Gasteiger partial charge in [0.05, 0.1) is 11.9 Å². The van der Waals surface area contributed by atoms with Crippen LogP contribution in [-0.4, -0.2) is 29.6 Å². The van der Waals surface area contributed by atoms with E-state index < -0.39 is 11.8 Å². The average molecular weight is 580 g/mol. The Hall–Kier alpha value is -4.82. The van der Waals surface area contributed by atoms with Gasteiger partial charge in [0.15, 0.2) is 0 Å². The van der Waals surface area contributed by atoms with E-state index in [1.165, 1.54) is 11.8 Å². The Balaban J connectivity index is 1.48. The molecular weight excluding hydrogens is 546 g/mol. The van der Waals surface area contributed by atoms with Crippen LogP contribution in [0.3, 0.4) is 0 Å². The van der Waals surface area contributed by atoms with E-state index in [1.807, 2.05) is 69.3 Å². The van der Waals surface area contributed by atoms with Crippen molar-refractivity contribution in [3.63, 3.8) is 0 Å². The van der Waals surface area contributed by atoms with Crippen molar-refractivity contribution < 1.29 is 19.1 Å². The summed E-state index contributed by atoms with van der Waals surface area (Å²) in [5, 5.41) is 8.18. The number of hydrogen-bond donors (Lipinski definition) is 3. The highest BCUT2D eigenvalue weighted by molar-refractivity contribution is 8.00. The number of ether oxygens (including phenoxy) is 1. The quantitative estimate of drug-likeness (QED) is 0.132. The molecule has 4 rings (SSSR count). The van der Waals surface area contributed by atoms with Crippen LogP contribution < -0.4 is 20.7 Å². The minimum Gasteiger partial charge on any atom is -0.494 e. The van der Waals surface area contributed by atoms with Gasteiger partial charge in [-0.05, 0) is 87.0 Å². The Morgan fingerprint density at radius 3 is 2.24 bits per heavy atom. The molecule has 1 unspecified atom stereocenters. The van der Waals surface area contributed by atoms with Crippen LogP contribution in [0.25, 0.3) is 6.08 Å². The van der Waals surface area contributed by atoms with E-state index in [9.17, 15) is 14.4 Å². The molecule has 0 heterocycles. The van der Waals surface area contributed by atoms with Gasteiger partial charge in [-0.3, -0.25) is 14.4 Å². The van der Waals surface area contributed by atoms with Crippen molar-refractivity contribution in [2.24, 2.45) is 0 Å². The zero-order valence-corrected chi connectivity index (χ0v) is 24.5. The summed E-state index contributed by atoms with van der Waals surface area (Å²) in [6, 6.07) is 30.8. The predicted molar refractivity (Wildman–Crippen MR) is 170 cm³/mol. The molecule has 4 aromatic rings. The molecule has 214 valence electrons. The number of amides is 3. The standard InChI is InChI=1S/C34H33N3O4S/c1-4-41-29-19-15-25(16-20-29)21-31(37-33(39)26-9-6-5-7-10-26)34(40)36-28-11-8-12-30(22-28)42-24(3)32(38)35-27-17-13-23(2)14-18-27/h5-22,24H,4H2,1-3H3,(H,35,38)(H,36,40)(H,37,39)/b31-21+. The second-order valence-corrected chi connectivity index (χ2v) is 10.9. The van der Waals surface area contributed by atoms with E-state index >= 15 is 0 Å². The van der Waals surface area contributed by atoms with Gasteiger partial charge in [-0.1, -0.05) is 54.1 Å². The first-order chi connectivity index (χ1) is 20.3. The van der Waals surface area contributed by atoms with Gasteiger partial charge < -0.3 is 20.7 Å². The molecule has 0 aliphatic heterocycles. The van der Waals surface area contributed by atoms with E-state index in [0.717, 1.165) is 21.7 Å². The first-order valence-corrected chi connectivity index (χ1v) is 14.4. The Morgan fingerprint density at radius 2 is 1.55 bits per heavy atom. The van der Waals surface area contributed by atoms with E-state index in [0.29, 0.717) is 23.6 Å². The molecule has 4 aromatic carbocycles. The summed E-state index contributed by atoms with van der Waals surface area (Å²) in [7, 11) is 0. The highest BCUT2D eigenvalue weighted by atomic mass is 32.2. The van der Waals surface area contributed by atoms with Crippen molar-refractivity contribution in [2.45, 2.75) is 30.9 Å². The van der Waals surface area contributed by atoms with Crippen LogP contribution in [-0.2, 0) is 9.59 Å². The molecule has 3 N–H and O–H groups in total. The molecular formula is C34H33N3O4S. The molecule has 0 saturated carbocycles. The zero-order chi connectivity index (χ0) is 29.9. The Morgan fingerprint density at radius 1 is 0.833 bits per heavy atom. The zero-order valence-electron chi connectivity index (χ0n) is 23.7. The van der Waals surface area contributed by atoms with Crippen LogP contribution in [0.1, 0.15) is 35.3 Å². The lowest BCUT2D eigenvalue weighted by atomic mass is 10.1. The van der Waals surface area contributed by atoms with Crippen molar-refractivity contribution in [1.82, 2.24) is 5.32 Å². The Labute approximate surface area is 250 Å². The monoisotopic (exact) mass is 579 g/mol. The lowest BCUT2D eigenvalue weighted by molar-refractivity contribution is -0.115. The van der Waals surface area contributed by atoms with E-state index in [1.54, 1.807) is 60.7 Å². The number of carbonyl (C=O) groups excluding carboxylic acids is 3. The molecule has 3 amide bonds. The van der Waals surface area contributed by atoms with Crippen molar-refractivity contribution in [3.05, 3.63) is 126 Å². The first kappa shape index (κ1) is 30.1. The minimum absolute atomic E-state index is 0.0805. The number of hydrogen-bond acceptors (Lipinski definition) is 5. The molecule has 0 fully saturated rings. The molecule has 0 radical (unpaired) electrons. The van der Waals surface area contributed by atoms with Gasteiger partial charge in [-0.15, -0.1) is 11.8 Å². The lowest BCUT2D eigenvalue weighted by Crippen LogP contribution is -2.30. The van der Waals surface area contributed by atoms with Gasteiger partial charge in [0, 0.05) is 21.8 Å². The van der Waals surface area contributed by atoms with Gasteiger partial charge in [-0.25, -0.2) is 0 Å². The molecule has 0 aliphatic rings. The van der Waals surface area contributed by atoms with Crippen LogP contribution in [0.4, 0.5) is 11.4 Å². The van der Waals surface area contributed by atoms with Crippen molar-refractivity contribution in [2.75, 3.05) is 17.2 Å². The summed E-state index contributed by atoms with van der Waals surface area (Å²) in [6.45, 7) is 6.27. The maximum atomic E-state index is 13.4. The summed E-state index contributed by atoms with van der Waals surface area (Å²) in [5.74, 6) is -0.298. The summed E-state index contributed by atoms with van der Waals surface area (Å²) in [4.78, 5) is 39.9. The van der Waals surface area contributed by atoms with Gasteiger partial charge in [0.2, 0.25) is 5.91 Å². The summed E-state index contributed by atoms with van der Waals surface area (Å²) in [6.07, 6.45) is 1.61. The molecule has 7 nitrogen and oxygen atoms in total. The SMILES string of the molecule is CCOc1ccc(/C=C(/NC(=O)c2ccccc2)C(=O)Nc2cccc(SC(C)C(=O)Nc3ccc(C)cc3)c2)cc1. The van der Waals surface area contributed by atoms with Crippen LogP contribution in [0.5, 0.6) is 5.75 Å². The van der Waals surface area contributed by atoms with Crippen LogP contribution in [0.15, 0.2) is 114 Å². The van der Waals surface area contributed by atoms with Crippen LogP contribution in [0.2, 0.25) is 0 Å². The number of rotatable bonds is 11. The molecule has 0 saturated heterocycles. The number of anilines is 2. The van der Waals surface area contributed by atoms with Gasteiger partial charge in [0.1, 0.15) is 11.4 Å². The molecule has 42 heavy (non-hydrogen) atoms. The second kappa shape index (κ2) is 14.7. The summed E-state index contributed by atoms with van der Waals surface area (Å²) >= 11 is 1.38. The Bertz CT molecular complexity index is 1550. The van der Waals surface area contributed by atoms with E-state index in [2.05, 4.69) is 16.0 Å². The normalized spacial score (nSPS) is 11.7. The largest absolute Gasteiger partial charge is 0.494 e. The molecule has 0 spiro atoms. The maximum Gasteiger partial charge on any atom is 0.272 e. The second-order valence-electron chi connectivity index (χ2n) is 9.48. The first-order valence-electron chi connectivity index (χ1n) is 13.6. The minimum atomic E-state index is -0.486. The lowest BCUT2D eigenvalue weighted by Gasteiger charge is -2.14. The number of benzene rings is 4. The molecule has 0 bridgehead atoms. The van der Waals surface area contributed by atoms with Gasteiger partial charge in [0.25, 0.3) is 11.8 Å². The summed E-state index contributed by atoms with van der Waals surface area (Å²) < 4.78 is 5.51. The molecule has 0 aliphatic carbocycles. The summed E-state index contributed by atoms with van der Waals surface area (Å²) in [5.41, 5.74) is 3.61. The fraction of sp³-hybridized carbons (Fsp3) is 0.147. The number of nitrogens with one attached hydrogen (secondary N) is 3. The predicted octanol–water partition coefficient (Wildman–Crippen LogP) is 6.92. The highest BCUT2D eigenvalue weighted by Crippen LogP contribution is 2.27. The van der Waals surface area contributed by atoms with Gasteiger partial charge in [-0.2, -0.15) is 0 Å². The third-order valence-electron chi connectivity index (χ3n) is 6.12. The maximum absolute atomic E-state index is 13.4. The number of thioether (sulfide) groups is 1.